The van der Waals surface area contributed by atoms with Crippen LogP contribution in [0.2, 0.25) is 0 Å². The third-order valence-electron chi connectivity index (χ3n) is 10.3. The first-order valence-electron chi connectivity index (χ1n) is 15.3. The number of likely N-dealkylation sites (tertiary alicyclic amines) is 1. The molecule has 41 heavy (non-hydrogen) atoms. The molecule has 7 heteroatoms. The van der Waals surface area contributed by atoms with Crippen LogP contribution < -0.4 is 5.73 Å². The smallest absolute Gasteiger partial charge is 0.257 e. The Bertz CT molecular complexity index is 1530. The lowest BCUT2D eigenvalue weighted by Gasteiger charge is -2.45. The van der Waals surface area contributed by atoms with Crippen molar-refractivity contribution in [3.63, 3.8) is 0 Å². The molecular weight excluding hydrogens is 508 g/mol. The molecule has 1 unspecified atom stereocenters. The van der Waals surface area contributed by atoms with Gasteiger partial charge in [-0.25, -0.2) is 9.97 Å². The van der Waals surface area contributed by atoms with Gasteiger partial charge in [0.2, 0.25) is 0 Å². The third kappa shape index (κ3) is 4.70. The van der Waals surface area contributed by atoms with Gasteiger partial charge in [0.15, 0.2) is 0 Å². The summed E-state index contributed by atoms with van der Waals surface area (Å²) in [5, 5.41) is 0. The van der Waals surface area contributed by atoms with Gasteiger partial charge in [0, 0.05) is 37.4 Å². The lowest BCUT2D eigenvalue weighted by Crippen LogP contribution is -2.49. The van der Waals surface area contributed by atoms with Crippen LogP contribution >= 0.6 is 0 Å². The van der Waals surface area contributed by atoms with E-state index < -0.39 is 0 Å². The van der Waals surface area contributed by atoms with Crippen molar-refractivity contribution in [2.24, 2.45) is 0 Å². The Morgan fingerprint density at radius 2 is 1.63 bits per heavy atom. The van der Waals surface area contributed by atoms with Crippen LogP contribution in [0, 0.1) is 6.92 Å². The van der Waals surface area contributed by atoms with Gasteiger partial charge in [-0.15, -0.1) is 0 Å². The highest BCUT2D eigenvalue weighted by Crippen LogP contribution is 2.45. The van der Waals surface area contributed by atoms with E-state index in [9.17, 15) is 4.79 Å². The maximum absolute atomic E-state index is 13.3. The fourth-order valence-electron chi connectivity index (χ4n) is 8.17. The molecule has 212 valence electrons. The van der Waals surface area contributed by atoms with Crippen molar-refractivity contribution in [1.29, 1.82) is 0 Å². The van der Waals surface area contributed by atoms with E-state index >= 15 is 0 Å². The van der Waals surface area contributed by atoms with Crippen LogP contribution in [-0.2, 0) is 5.41 Å². The van der Waals surface area contributed by atoms with E-state index in [4.69, 9.17) is 10.7 Å². The van der Waals surface area contributed by atoms with Crippen LogP contribution in [0.1, 0.15) is 72.7 Å². The number of fused-ring (bicyclic) bond motifs is 3. The Morgan fingerprint density at radius 3 is 2.37 bits per heavy atom. The Balaban J connectivity index is 1.07. The van der Waals surface area contributed by atoms with Crippen molar-refractivity contribution >= 4 is 22.8 Å². The molecule has 3 atom stereocenters. The standard InChI is InChI=1S/C34H40N6O/c1-24-37-30-11-5-6-12-31(30)40(24)28-22-26-13-14-27(23-28)39(26)21-17-34(25-8-3-2-4-9-25)15-19-38(20-16-34)33(41)29-10-7-18-36-32(29)35/h2-12,18,26-28H,13-17,19-23H2,1H3,(H2,35,36)/t26-,27+,28?. The number of carbonyl (C=O) groups is 1. The number of benzene rings is 2. The molecule has 0 aliphatic carbocycles. The summed E-state index contributed by atoms with van der Waals surface area (Å²) in [7, 11) is 0. The van der Waals surface area contributed by atoms with Crippen molar-refractivity contribution in [2.45, 2.75) is 75.4 Å². The average Bonchev–Trinajstić information content (AvgIpc) is 3.47. The number of aromatic nitrogens is 3. The lowest BCUT2D eigenvalue weighted by molar-refractivity contribution is 0.0607. The van der Waals surface area contributed by atoms with E-state index in [2.05, 4.69) is 76.0 Å². The molecule has 2 aromatic heterocycles. The van der Waals surface area contributed by atoms with Gasteiger partial charge in [0.1, 0.15) is 11.6 Å². The quantitative estimate of drug-likeness (QED) is 0.332. The minimum Gasteiger partial charge on any atom is -0.383 e. The highest BCUT2D eigenvalue weighted by molar-refractivity contribution is 5.98. The molecule has 3 aliphatic rings. The Kier molecular flexibility index (Phi) is 6.78. The zero-order valence-electron chi connectivity index (χ0n) is 24.0. The zero-order valence-corrected chi connectivity index (χ0v) is 24.0. The van der Waals surface area contributed by atoms with E-state index in [1.54, 1.807) is 18.3 Å². The number of nitrogens with two attached hydrogens (primary N) is 1. The molecule has 3 aliphatic heterocycles. The minimum atomic E-state index is -0.000280. The van der Waals surface area contributed by atoms with Crippen LogP contribution in [0.15, 0.2) is 72.9 Å². The van der Waals surface area contributed by atoms with Crippen molar-refractivity contribution < 1.29 is 4.79 Å². The zero-order chi connectivity index (χ0) is 28.0. The summed E-state index contributed by atoms with van der Waals surface area (Å²) in [5.41, 5.74) is 10.4. The topological polar surface area (TPSA) is 80.3 Å². The summed E-state index contributed by atoms with van der Waals surface area (Å²) in [4.78, 5) is 27.1. The van der Waals surface area contributed by atoms with Gasteiger partial charge in [0.05, 0.1) is 16.6 Å². The van der Waals surface area contributed by atoms with Crippen LogP contribution in [0.3, 0.4) is 0 Å². The molecule has 3 saturated heterocycles. The number of nitrogen functional groups attached to an aromatic ring is 1. The lowest BCUT2D eigenvalue weighted by atomic mass is 9.70. The highest BCUT2D eigenvalue weighted by atomic mass is 16.2. The SMILES string of the molecule is Cc1nc2ccccc2n1C1C[C@H]2CC[C@@H](C1)N2CCC1(c2ccccc2)CCN(C(=O)c2cccnc2N)CC1. The van der Waals surface area contributed by atoms with Gasteiger partial charge in [-0.3, -0.25) is 9.69 Å². The first kappa shape index (κ1) is 26.2. The predicted octanol–water partition coefficient (Wildman–Crippen LogP) is 5.75. The van der Waals surface area contributed by atoms with Gasteiger partial charge in [-0.1, -0.05) is 42.5 Å². The summed E-state index contributed by atoms with van der Waals surface area (Å²) in [6.07, 6.45) is 9.68. The number of para-hydroxylation sites is 2. The number of rotatable bonds is 6. The van der Waals surface area contributed by atoms with Gasteiger partial charge in [-0.05, 0) is 93.7 Å². The fourth-order valence-corrected chi connectivity index (χ4v) is 8.17. The first-order chi connectivity index (χ1) is 20.0. The van der Waals surface area contributed by atoms with Gasteiger partial charge < -0.3 is 15.2 Å². The molecule has 2 N–H and O–H groups in total. The largest absolute Gasteiger partial charge is 0.383 e. The maximum atomic E-state index is 13.3. The summed E-state index contributed by atoms with van der Waals surface area (Å²) in [6, 6.07) is 25.0. The third-order valence-corrected chi connectivity index (χ3v) is 10.3. The second-order valence-corrected chi connectivity index (χ2v) is 12.4. The van der Waals surface area contributed by atoms with Crippen LogP contribution in [-0.4, -0.2) is 62.0 Å². The fraction of sp³-hybridized carbons (Fsp3) is 0.441. The highest BCUT2D eigenvalue weighted by Gasteiger charge is 2.44. The Morgan fingerprint density at radius 1 is 0.927 bits per heavy atom. The summed E-state index contributed by atoms with van der Waals surface area (Å²) in [5.74, 6) is 1.45. The molecule has 3 fully saturated rings. The molecule has 7 nitrogen and oxygen atoms in total. The van der Waals surface area contributed by atoms with Crippen LogP contribution in [0.25, 0.3) is 11.0 Å². The van der Waals surface area contributed by atoms with E-state index in [0.717, 1.165) is 50.2 Å². The molecule has 2 bridgehead atoms. The van der Waals surface area contributed by atoms with E-state index in [-0.39, 0.29) is 11.3 Å². The van der Waals surface area contributed by atoms with Crippen LogP contribution in [0.4, 0.5) is 5.82 Å². The molecule has 5 heterocycles. The van der Waals surface area contributed by atoms with E-state index in [0.29, 0.717) is 29.5 Å². The van der Waals surface area contributed by atoms with E-state index in [1.807, 2.05) is 4.90 Å². The number of nitrogens with zero attached hydrogens (tertiary/aromatic N) is 5. The predicted molar refractivity (Wildman–Crippen MR) is 163 cm³/mol. The Hall–Kier alpha value is -3.71. The number of amides is 1. The summed E-state index contributed by atoms with van der Waals surface area (Å²) in [6.45, 7) is 4.76. The number of anilines is 1. The number of pyridine rings is 1. The van der Waals surface area contributed by atoms with Crippen molar-refractivity contribution in [1.82, 2.24) is 24.3 Å². The molecule has 4 aromatic rings. The van der Waals surface area contributed by atoms with Crippen molar-refractivity contribution in [3.8, 4) is 0 Å². The number of carbonyl (C=O) groups excluding carboxylic acids is 1. The molecular formula is C34H40N6O. The molecule has 1 amide bonds. The second kappa shape index (κ2) is 10.6. The number of hydrogen-bond acceptors (Lipinski definition) is 5. The molecule has 7 rings (SSSR count). The van der Waals surface area contributed by atoms with E-state index in [1.165, 1.54) is 36.8 Å². The first-order valence-corrected chi connectivity index (χ1v) is 15.3. The maximum Gasteiger partial charge on any atom is 0.257 e. The molecule has 0 radical (unpaired) electrons. The Labute approximate surface area is 242 Å². The summed E-state index contributed by atoms with van der Waals surface area (Å²) >= 11 is 0. The summed E-state index contributed by atoms with van der Waals surface area (Å²) < 4.78 is 2.52. The van der Waals surface area contributed by atoms with Gasteiger partial charge in [-0.2, -0.15) is 0 Å². The second-order valence-electron chi connectivity index (χ2n) is 12.4. The van der Waals surface area contributed by atoms with Gasteiger partial charge in [0.25, 0.3) is 5.91 Å². The monoisotopic (exact) mass is 548 g/mol. The average molecular weight is 549 g/mol. The minimum absolute atomic E-state index is 0.000280. The molecule has 0 spiro atoms. The van der Waals surface area contributed by atoms with Crippen molar-refractivity contribution in [3.05, 3.63) is 89.9 Å². The molecule has 2 aromatic carbocycles. The van der Waals surface area contributed by atoms with Crippen molar-refractivity contribution in [2.75, 3.05) is 25.4 Å². The van der Waals surface area contributed by atoms with Gasteiger partial charge >= 0.3 is 0 Å². The number of aryl methyl sites for hydroxylation is 1. The number of imidazole rings is 1. The molecule has 0 saturated carbocycles. The normalized spacial score (nSPS) is 24.1. The number of hydrogen-bond donors (Lipinski definition) is 1. The van der Waals surface area contributed by atoms with Crippen LogP contribution in [0.5, 0.6) is 0 Å². The number of piperidine rings is 2.